The van der Waals surface area contributed by atoms with Crippen molar-refractivity contribution in [1.82, 2.24) is 10.2 Å². The van der Waals surface area contributed by atoms with E-state index in [-0.39, 0.29) is 12.5 Å². The van der Waals surface area contributed by atoms with Gasteiger partial charge in [0, 0.05) is 24.9 Å². The molecule has 6 nitrogen and oxygen atoms in total. The molecule has 1 aromatic rings. The fourth-order valence-electron chi connectivity index (χ4n) is 4.50. The highest BCUT2D eigenvalue weighted by molar-refractivity contribution is 6.05. The van der Waals surface area contributed by atoms with Crippen molar-refractivity contribution in [2.24, 2.45) is 9.98 Å². The summed E-state index contributed by atoms with van der Waals surface area (Å²) >= 11 is 0. The number of nitrogens with zero attached hydrogens (tertiary/aromatic N) is 3. The highest BCUT2D eigenvalue weighted by Gasteiger charge is 2.26. The number of likely N-dealkylation sites (tertiary alicyclic amines) is 1. The normalized spacial score (nSPS) is 23.5. The number of nitrogens with one attached hydrogen (secondary N) is 2. The quantitative estimate of drug-likeness (QED) is 0.523. The van der Waals surface area contributed by atoms with Crippen LogP contribution < -0.4 is 10.6 Å². The number of amides is 1. The number of alkyl halides is 1. The summed E-state index contributed by atoms with van der Waals surface area (Å²) in [5.41, 5.74) is 0.934. The Morgan fingerprint density at radius 2 is 2.03 bits per heavy atom. The predicted molar refractivity (Wildman–Crippen MR) is 141 cm³/mol. The van der Waals surface area contributed by atoms with Gasteiger partial charge in [0.05, 0.1) is 18.0 Å². The fourth-order valence-corrected chi connectivity index (χ4v) is 4.50. The second-order valence-electron chi connectivity index (χ2n) is 9.10. The van der Waals surface area contributed by atoms with Crippen LogP contribution in [-0.2, 0) is 4.79 Å². The van der Waals surface area contributed by atoms with E-state index in [0.717, 1.165) is 50.5 Å². The molecule has 0 spiro atoms. The number of amidine groups is 1. The molecule has 190 valence electrons. The van der Waals surface area contributed by atoms with Crippen molar-refractivity contribution in [3.8, 4) is 0 Å². The van der Waals surface area contributed by atoms with E-state index >= 15 is 0 Å². The molecule has 1 aliphatic carbocycles. The molecule has 36 heavy (non-hydrogen) atoms. The van der Waals surface area contributed by atoms with Crippen LogP contribution in [0.2, 0.25) is 0 Å². The second kappa shape index (κ2) is 13.1. The summed E-state index contributed by atoms with van der Waals surface area (Å²) in [5, 5.41) is 5.83. The van der Waals surface area contributed by atoms with Crippen molar-refractivity contribution in [2.45, 2.75) is 50.7 Å². The number of aliphatic imine (C=N–C) groups is 2. The number of carbonyl (C=O) groups is 1. The van der Waals surface area contributed by atoms with E-state index in [1.54, 1.807) is 18.6 Å². The minimum atomic E-state index is -1.65. The zero-order valence-corrected chi connectivity index (χ0v) is 20.4. The Bertz CT molecular complexity index is 1100. The van der Waals surface area contributed by atoms with Crippen molar-refractivity contribution < 1.29 is 13.6 Å². The Balaban J connectivity index is 1.56. The van der Waals surface area contributed by atoms with Crippen LogP contribution in [0.15, 0.2) is 82.2 Å². The molecule has 8 heteroatoms. The third-order valence-electron chi connectivity index (χ3n) is 6.42. The van der Waals surface area contributed by atoms with Crippen LogP contribution in [0.3, 0.4) is 0 Å². The van der Waals surface area contributed by atoms with Crippen molar-refractivity contribution in [1.29, 1.82) is 0 Å². The van der Waals surface area contributed by atoms with Crippen molar-refractivity contribution in [3.63, 3.8) is 0 Å². The predicted octanol–water partition coefficient (Wildman–Crippen LogP) is 5.55. The first-order valence-corrected chi connectivity index (χ1v) is 12.6. The van der Waals surface area contributed by atoms with Crippen molar-refractivity contribution in [3.05, 3.63) is 77.8 Å². The number of hydrogen-bond donors (Lipinski definition) is 2. The second-order valence-corrected chi connectivity index (χ2v) is 9.10. The van der Waals surface area contributed by atoms with Crippen LogP contribution in [0.25, 0.3) is 0 Å². The molecule has 1 aromatic carbocycles. The number of carbonyl (C=O) groups excluding carboxylic acids is 1. The topological polar surface area (TPSA) is 69.1 Å². The van der Waals surface area contributed by atoms with E-state index in [2.05, 4.69) is 26.6 Å². The van der Waals surface area contributed by atoms with Gasteiger partial charge in [0.15, 0.2) is 0 Å². The molecule has 0 saturated carbocycles. The smallest absolute Gasteiger partial charge is 0.257 e. The summed E-state index contributed by atoms with van der Waals surface area (Å²) in [5.74, 6) is -0.887. The maximum absolute atomic E-state index is 14.2. The molecular weight excluding hydrogens is 460 g/mol. The van der Waals surface area contributed by atoms with Gasteiger partial charge in [-0.3, -0.25) is 9.79 Å². The SMILES string of the molecule is O=C(Nc1cccc(C(CCN2CCCC2)N=C2C=CCC/C=C\N=CN2)c1)C1=C(F)C=CCC1F. The van der Waals surface area contributed by atoms with E-state index < -0.39 is 23.5 Å². The van der Waals surface area contributed by atoms with Gasteiger partial charge in [-0.2, -0.15) is 0 Å². The van der Waals surface area contributed by atoms with Crippen LogP contribution >= 0.6 is 0 Å². The molecule has 2 heterocycles. The molecule has 1 fully saturated rings. The van der Waals surface area contributed by atoms with Crippen LogP contribution in [0.5, 0.6) is 0 Å². The van der Waals surface area contributed by atoms with Crippen LogP contribution in [0.1, 0.15) is 50.1 Å². The zero-order chi connectivity index (χ0) is 25.2. The molecule has 1 saturated heterocycles. The molecule has 2 aliphatic heterocycles. The van der Waals surface area contributed by atoms with Crippen molar-refractivity contribution >= 4 is 23.8 Å². The molecule has 0 radical (unpaired) electrons. The lowest BCUT2D eigenvalue weighted by molar-refractivity contribution is -0.113. The highest BCUT2D eigenvalue weighted by atomic mass is 19.1. The number of benzene rings is 1. The number of hydrogen-bond acceptors (Lipinski definition) is 4. The Morgan fingerprint density at radius 1 is 1.19 bits per heavy atom. The Hall–Kier alpha value is -3.39. The van der Waals surface area contributed by atoms with E-state index in [4.69, 9.17) is 4.99 Å². The lowest BCUT2D eigenvalue weighted by atomic mass is 10.0. The molecule has 2 N–H and O–H groups in total. The van der Waals surface area contributed by atoms with Gasteiger partial charge >= 0.3 is 0 Å². The molecule has 0 bridgehead atoms. The van der Waals surface area contributed by atoms with Crippen LogP contribution in [0, 0.1) is 0 Å². The van der Waals surface area contributed by atoms with Gasteiger partial charge < -0.3 is 15.5 Å². The average Bonchev–Trinajstić information content (AvgIpc) is 3.39. The maximum atomic E-state index is 14.2. The third-order valence-corrected chi connectivity index (χ3v) is 6.42. The Morgan fingerprint density at radius 3 is 2.86 bits per heavy atom. The summed E-state index contributed by atoms with van der Waals surface area (Å²) in [7, 11) is 0. The van der Waals surface area contributed by atoms with E-state index in [1.807, 2.05) is 30.4 Å². The third kappa shape index (κ3) is 7.31. The fraction of sp³-hybridized carbons (Fsp3) is 0.393. The molecule has 3 aliphatic rings. The van der Waals surface area contributed by atoms with Crippen molar-refractivity contribution in [2.75, 3.05) is 25.0 Å². The van der Waals surface area contributed by atoms with Gasteiger partial charge in [-0.15, -0.1) is 0 Å². The van der Waals surface area contributed by atoms with Gasteiger partial charge in [-0.25, -0.2) is 13.8 Å². The van der Waals surface area contributed by atoms with Gasteiger partial charge in [0.1, 0.15) is 17.8 Å². The molecule has 2 atom stereocenters. The maximum Gasteiger partial charge on any atom is 0.257 e. The standard InChI is InChI=1S/C28H33F2N5O/c29-23-11-8-12-24(30)27(23)28(36)33-22-10-7-9-21(19-22)25(14-18-35-16-5-6-17-35)34-26-13-3-1-2-4-15-31-20-32-26/h3-4,7-11,13,15,19-20,24-25H,1-2,5-6,12,14,16-18H2,(H,33,36)(H,31,32,34)/b13-3?,15-4-. The number of halogens is 2. The first-order chi connectivity index (χ1) is 17.6. The average molecular weight is 494 g/mol. The number of anilines is 1. The Labute approximate surface area is 211 Å². The largest absolute Gasteiger partial charge is 0.331 e. The molecule has 1 amide bonds. The molecule has 2 unspecified atom stereocenters. The summed E-state index contributed by atoms with van der Waals surface area (Å²) < 4.78 is 28.3. The first kappa shape index (κ1) is 25.7. The Kier molecular flexibility index (Phi) is 9.33. The van der Waals surface area contributed by atoms with Gasteiger partial charge in [-0.05, 0) is 75.0 Å². The van der Waals surface area contributed by atoms with E-state index in [9.17, 15) is 13.6 Å². The zero-order valence-electron chi connectivity index (χ0n) is 20.4. The summed E-state index contributed by atoms with van der Waals surface area (Å²) in [4.78, 5) is 24.3. The molecule has 4 rings (SSSR count). The van der Waals surface area contributed by atoms with Gasteiger partial charge in [-0.1, -0.05) is 30.4 Å². The molecular formula is C28H33F2N5O. The number of rotatable bonds is 7. The molecule has 0 aromatic heterocycles. The minimum absolute atomic E-state index is 0.00804. The minimum Gasteiger partial charge on any atom is -0.331 e. The lowest BCUT2D eigenvalue weighted by Gasteiger charge is -2.20. The number of allylic oxidation sites excluding steroid dienone is 5. The van der Waals surface area contributed by atoms with Gasteiger partial charge in [0.2, 0.25) is 0 Å². The highest BCUT2D eigenvalue weighted by Crippen LogP contribution is 2.28. The summed E-state index contributed by atoms with van der Waals surface area (Å²) in [6.07, 6.45) is 15.3. The lowest BCUT2D eigenvalue weighted by Crippen LogP contribution is -2.24. The first-order valence-electron chi connectivity index (χ1n) is 12.6. The summed E-state index contributed by atoms with van der Waals surface area (Å²) in [6.45, 7) is 3.10. The van der Waals surface area contributed by atoms with E-state index in [0.29, 0.717) is 11.5 Å². The summed E-state index contributed by atoms with van der Waals surface area (Å²) in [6, 6.07) is 7.17. The van der Waals surface area contributed by atoms with Crippen LogP contribution in [0.4, 0.5) is 14.5 Å². The van der Waals surface area contributed by atoms with Crippen LogP contribution in [-0.4, -0.2) is 48.8 Å². The monoisotopic (exact) mass is 493 g/mol. The van der Waals surface area contributed by atoms with Gasteiger partial charge in [0.25, 0.3) is 5.91 Å². The van der Waals surface area contributed by atoms with E-state index in [1.165, 1.54) is 18.9 Å².